The second-order valence-electron chi connectivity index (χ2n) is 5.52. The van der Waals surface area contributed by atoms with Gasteiger partial charge >= 0.3 is 0 Å². The number of amides is 2. The van der Waals surface area contributed by atoms with Crippen LogP contribution < -0.4 is 10.2 Å². The van der Waals surface area contributed by atoms with Gasteiger partial charge in [-0.2, -0.15) is 0 Å². The van der Waals surface area contributed by atoms with Gasteiger partial charge in [-0.3, -0.25) is 9.59 Å². The minimum atomic E-state index is -0.134. The van der Waals surface area contributed by atoms with Crippen molar-refractivity contribution in [2.45, 2.75) is 19.8 Å². The first-order valence-corrected chi connectivity index (χ1v) is 7.42. The minimum Gasteiger partial charge on any atom is -0.322 e. The number of nitrogens with one attached hydrogen (secondary N) is 1. The van der Waals surface area contributed by atoms with Crippen LogP contribution in [0.1, 0.15) is 28.8 Å². The first-order valence-electron chi connectivity index (χ1n) is 7.42. The van der Waals surface area contributed by atoms with Crippen molar-refractivity contribution in [3.8, 4) is 0 Å². The molecule has 4 nitrogen and oxygen atoms in total. The monoisotopic (exact) mass is 294 g/mol. The molecular weight excluding hydrogens is 276 g/mol. The van der Waals surface area contributed by atoms with E-state index in [0.29, 0.717) is 12.0 Å². The number of carbonyl (C=O) groups is 2. The highest BCUT2D eigenvalue weighted by atomic mass is 16.2. The van der Waals surface area contributed by atoms with Gasteiger partial charge in [0.05, 0.1) is 0 Å². The molecule has 0 aliphatic carbocycles. The maximum absolute atomic E-state index is 12.1. The van der Waals surface area contributed by atoms with Crippen molar-refractivity contribution in [3.63, 3.8) is 0 Å². The highest BCUT2D eigenvalue weighted by molar-refractivity contribution is 6.04. The fourth-order valence-electron chi connectivity index (χ4n) is 2.55. The van der Waals surface area contributed by atoms with E-state index in [-0.39, 0.29) is 11.8 Å². The van der Waals surface area contributed by atoms with E-state index in [2.05, 4.69) is 5.32 Å². The number of anilines is 2. The molecule has 2 amide bonds. The number of hydrogen-bond acceptors (Lipinski definition) is 2. The summed E-state index contributed by atoms with van der Waals surface area (Å²) in [6, 6.07) is 14.8. The predicted molar refractivity (Wildman–Crippen MR) is 87.2 cm³/mol. The molecule has 2 aromatic rings. The molecule has 22 heavy (non-hydrogen) atoms. The van der Waals surface area contributed by atoms with Crippen LogP contribution in [0.3, 0.4) is 0 Å². The molecule has 1 N–H and O–H groups in total. The van der Waals surface area contributed by atoms with Gasteiger partial charge in [0.25, 0.3) is 5.91 Å². The van der Waals surface area contributed by atoms with Gasteiger partial charge in [0.1, 0.15) is 0 Å². The molecule has 1 fully saturated rings. The zero-order valence-corrected chi connectivity index (χ0v) is 12.5. The van der Waals surface area contributed by atoms with Gasteiger partial charge in [-0.05, 0) is 49.7 Å². The third-order valence-corrected chi connectivity index (χ3v) is 3.82. The van der Waals surface area contributed by atoms with E-state index in [0.717, 1.165) is 29.9 Å². The Kier molecular flexibility index (Phi) is 3.92. The Bertz CT molecular complexity index is 690. The molecule has 1 heterocycles. The fraction of sp³-hybridized carbons (Fsp3) is 0.222. The van der Waals surface area contributed by atoms with Crippen LogP contribution in [0.5, 0.6) is 0 Å². The van der Waals surface area contributed by atoms with Crippen LogP contribution in [0.4, 0.5) is 11.4 Å². The number of nitrogens with zero attached hydrogens (tertiary/aromatic N) is 1. The highest BCUT2D eigenvalue weighted by Crippen LogP contribution is 2.23. The summed E-state index contributed by atoms with van der Waals surface area (Å²) in [5.41, 5.74) is 3.36. The van der Waals surface area contributed by atoms with Crippen LogP contribution >= 0.6 is 0 Å². The lowest BCUT2D eigenvalue weighted by Crippen LogP contribution is -2.23. The van der Waals surface area contributed by atoms with Crippen LogP contribution in [-0.2, 0) is 4.79 Å². The van der Waals surface area contributed by atoms with Crippen molar-refractivity contribution in [3.05, 3.63) is 59.7 Å². The van der Waals surface area contributed by atoms with Crippen LogP contribution in [0.15, 0.2) is 48.5 Å². The van der Waals surface area contributed by atoms with Crippen molar-refractivity contribution in [1.82, 2.24) is 0 Å². The Morgan fingerprint density at radius 3 is 2.32 bits per heavy atom. The van der Waals surface area contributed by atoms with E-state index >= 15 is 0 Å². The van der Waals surface area contributed by atoms with E-state index in [9.17, 15) is 9.59 Å². The van der Waals surface area contributed by atoms with Crippen molar-refractivity contribution in [2.75, 3.05) is 16.8 Å². The smallest absolute Gasteiger partial charge is 0.255 e. The summed E-state index contributed by atoms with van der Waals surface area (Å²) in [4.78, 5) is 25.6. The highest BCUT2D eigenvalue weighted by Gasteiger charge is 2.21. The fourth-order valence-corrected chi connectivity index (χ4v) is 2.55. The molecule has 0 bridgehead atoms. The third-order valence-electron chi connectivity index (χ3n) is 3.82. The summed E-state index contributed by atoms with van der Waals surface area (Å²) < 4.78 is 0. The summed E-state index contributed by atoms with van der Waals surface area (Å²) in [6.45, 7) is 2.76. The summed E-state index contributed by atoms with van der Waals surface area (Å²) in [5.74, 6) is 0.0291. The third kappa shape index (κ3) is 3.01. The standard InChI is InChI=1S/C18H18N2O2/c1-13-4-6-14(7-5-13)18(22)19-15-8-10-16(11-9-15)20-12-2-3-17(20)21/h4-11H,2-3,12H2,1H3,(H,19,22). The normalized spacial score (nSPS) is 14.2. The van der Waals surface area contributed by atoms with Gasteiger partial charge < -0.3 is 10.2 Å². The van der Waals surface area contributed by atoms with E-state index in [1.54, 1.807) is 4.90 Å². The van der Waals surface area contributed by atoms with E-state index in [1.165, 1.54) is 0 Å². The number of hydrogen-bond donors (Lipinski definition) is 1. The number of rotatable bonds is 3. The molecule has 3 rings (SSSR count). The van der Waals surface area contributed by atoms with Crippen LogP contribution in [0, 0.1) is 6.92 Å². The first kappa shape index (κ1) is 14.3. The summed E-state index contributed by atoms with van der Waals surface area (Å²) >= 11 is 0. The van der Waals surface area contributed by atoms with E-state index in [4.69, 9.17) is 0 Å². The molecule has 4 heteroatoms. The van der Waals surface area contributed by atoms with Gasteiger partial charge in [0.15, 0.2) is 0 Å². The Labute approximate surface area is 129 Å². The number of benzene rings is 2. The Hall–Kier alpha value is -2.62. The summed E-state index contributed by atoms with van der Waals surface area (Å²) in [5, 5.41) is 2.86. The molecule has 2 aromatic carbocycles. The lowest BCUT2D eigenvalue weighted by atomic mass is 10.1. The van der Waals surface area contributed by atoms with Crippen molar-refractivity contribution >= 4 is 23.2 Å². The van der Waals surface area contributed by atoms with Gasteiger partial charge in [-0.15, -0.1) is 0 Å². The van der Waals surface area contributed by atoms with Gasteiger partial charge in [-0.25, -0.2) is 0 Å². The molecule has 1 aliphatic heterocycles. The molecule has 0 atom stereocenters. The van der Waals surface area contributed by atoms with Crippen molar-refractivity contribution < 1.29 is 9.59 Å². The maximum atomic E-state index is 12.1. The van der Waals surface area contributed by atoms with Crippen molar-refractivity contribution in [1.29, 1.82) is 0 Å². The second kappa shape index (κ2) is 6.02. The molecule has 0 aromatic heterocycles. The average molecular weight is 294 g/mol. The molecule has 0 radical (unpaired) electrons. The van der Waals surface area contributed by atoms with E-state index < -0.39 is 0 Å². The average Bonchev–Trinajstić information content (AvgIpc) is 2.95. The quantitative estimate of drug-likeness (QED) is 0.943. The van der Waals surface area contributed by atoms with Gasteiger partial charge in [0, 0.05) is 29.9 Å². The molecule has 1 aliphatic rings. The summed E-state index contributed by atoms with van der Waals surface area (Å²) in [6.07, 6.45) is 1.52. The Morgan fingerprint density at radius 2 is 1.73 bits per heavy atom. The topological polar surface area (TPSA) is 49.4 Å². The van der Waals surface area contributed by atoms with Crippen LogP contribution in [0.2, 0.25) is 0 Å². The van der Waals surface area contributed by atoms with Gasteiger partial charge in [-0.1, -0.05) is 17.7 Å². The zero-order chi connectivity index (χ0) is 15.5. The molecule has 112 valence electrons. The zero-order valence-electron chi connectivity index (χ0n) is 12.5. The minimum absolute atomic E-state index is 0.134. The van der Waals surface area contributed by atoms with Crippen molar-refractivity contribution in [2.24, 2.45) is 0 Å². The number of aryl methyl sites for hydroxylation is 1. The maximum Gasteiger partial charge on any atom is 0.255 e. The first-order chi connectivity index (χ1) is 10.6. The Balaban J connectivity index is 1.69. The molecule has 0 unspecified atom stereocenters. The predicted octanol–water partition coefficient (Wildman–Crippen LogP) is 3.37. The van der Waals surface area contributed by atoms with Gasteiger partial charge in [0.2, 0.25) is 5.91 Å². The lowest BCUT2D eigenvalue weighted by molar-refractivity contribution is -0.117. The summed E-state index contributed by atoms with van der Waals surface area (Å²) in [7, 11) is 0. The largest absolute Gasteiger partial charge is 0.322 e. The SMILES string of the molecule is Cc1ccc(C(=O)Nc2ccc(N3CCCC3=O)cc2)cc1. The molecule has 0 saturated carbocycles. The number of carbonyl (C=O) groups excluding carboxylic acids is 2. The van der Waals surface area contributed by atoms with Crippen LogP contribution in [0.25, 0.3) is 0 Å². The molecular formula is C18H18N2O2. The Morgan fingerprint density at radius 1 is 1.05 bits per heavy atom. The lowest BCUT2D eigenvalue weighted by Gasteiger charge is -2.16. The molecule has 0 spiro atoms. The molecule has 1 saturated heterocycles. The van der Waals surface area contributed by atoms with Crippen LogP contribution in [-0.4, -0.2) is 18.4 Å². The van der Waals surface area contributed by atoms with E-state index in [1.807, 2.05) is 55.5 Å². The second-order valence-corrected chi connectivity index (χ2v) is 5.52.